The number of hydrogen-bond acceptors (Lipinski definition) is 6. The van der Waals surface area contributed by atoms with Gasteiger partial charge in [-0.3, -0.25) is 4.79 Å². The van der Waals surface area contributed by atoms with Crippen molar-refractivity contribution in [1.82, 2.24) is 9.78 Å². The first-order valence-electron chi connectivity index (χ1n) is 5.26. The number of thioether (sulfide) groups is 1. The van der Waals surface area contributed by atoms with Crippen molar-refractivity contribution < 1.29 is 9.53 Å². The lowest BCUT2D eigenvalue weighted by Crippen LogP contribution is -2.03. The van der Waals surface area contributed by atoms with Crippen LogP contribution in [-0.4, -0.2) is 28.6 Å². The van der Waals surface area contributed by atoms with Gasteiger partial charge in [-0.15, -0.1) is 5.10 Å². The maximum atomic E-state index is 11.1. The molecule has 0 radical (unpaired) electrons. The van der Waals surface area contributed by atoms with E-state index in [0.717, 1.165) is 5.69 Å². The summed E-state index contributed by atoms with van der Waals surface area (Å²) < 4.78 is 7.41. The van der Waals surface area contributed by atoms with Crippen molar-refractivity contribution in [2.24, 2.45) is 0 Å². The minimum atomic E-state index is -0.308. The standard InChI is InChI=1S/C11H8Cl2N2O2S3/c1-17-9(16)5-19-10-14-15(11(18)20-10)6-2-3-7(12)8(13)4-6/h2-4H,5H2,1H3. The second kappa shape index (κ2) is 6.91. The molecule has 4 nitrogen and oxygen atoms in total. The largest absolute Gasteiger partial charge is 0.468 e. The van der Waals surface area contributed by atoms with Gasteiger partial charge in [0.25, 0.3) is 0 Å². The third kappa shape index (κ3) is 3.73. The predicted molar refractivity (Wildman–Crippen MR) is 85.0 cm³/mol. The van der Waals surface area contributed by atoms with Gasteiger partial charge in [0.15, 0.2) is 8.29 Å². The number of hydrogen-bond donors (Lipinski definition) is 0. The van der Waals surface area contributed by atoms with Crippen LogP contribution >= 0.6 is 58.5 Å². The van der Waals surface area contributed by atoms with Crippen molar-refractivity contribution in [3.63, 3.8) is 0 Å². The number of ether oxygens (including phenoxy) is 1. The van der Waals surface area contributed by atoms with E-state index in [9.17, 15) is 4.79 Å². The Balaban J connectivity index is 2.25. The number of rotatable bonds is 4. The molecule has 1 heterocycles. The van der Waals surface area contributed by atoms with Crippen LogP contribution in [0.3, 0.4) is 0 Å². The Morgan fingerprint density at radius 3 is 2.90 bits per heavy atom. The maximum absolute atomic E-state index is 11.1. The highest BCUT2D eigenvalue weighted by atomic mass is 35.5. The fourth-order valence-corrected chi connectivity index (χ4v) is 3.76. The van der Waals surface area contributed by atoms with E-state index in [2.05, 4.69) is 9.84 Å². The molecule has 20 heavy (non-hydrogen) atoms. The molecule has 0 atom stereocenters. The molecular formula is C11H8Cl2N2O2S3. The van der Waals surface area contributed by atoms with E-state index in [4.69, 9.17) is 35.4 Å². The van der Waals surface area contributed by atoms with Crippen molar-refractivity contribution >= 4 is 64.5 Å². The summed E-state index contributed by atoms with van der Waals surface area (Å²) in [6, 6.07) is 5.15. The average molecular weight is 367 g/mol. The number of aromatic nitrogens is 2. The molecule has 2 aromatic rings. The van der Waals surface area contributed by atoms with Crippen LogP contribution in [0.25, 0.3) is 5.69 Å². The summed E-state index contributed by atoms with van der Waals surface area (Å²) in [4.78, 5) is 11.1. The summed E-state index contributed by atoms with van der Waals surface area (Å²) in [5, 5.41) is 5.24. The highest BCUT2D eigenvalue weighted by Gasteiger charge is 2.10. The quantitative estimate of drug-likeness (QED) is 0.460. The first-order valence-corrected chi connectivity index (χ1v) is 8.23. The van der Waals surface area contributed by atoms with E-state index < -0.39 is 0 Å². The summed E-state index contributed by atoms with van der Waals surface area (Å²) >= 11 is 19.7. The van der Waals surface area contributed by atoms with Crippen LogP contribution in [0.4, 0.5) is 0 Å². The van der Waals surface area contributed by atoms with Gasteiger partial charge in [0, 0.05) is 0 Å². The maximum Gasteiger partial charge on any atom is 0.316 e. The molecule has 2 rings (SSSR count). The van der Waals surface area contributed by atoms with Gasteiger partial charge in [-0.2, -0.15) is 0 Å². The van der Waals surface area contributed by atoms with E-state index >= 15 is 0 Å². The Bertz CT molecular complexity index is 699. The van der Waals surface area contributed by atoms with Crippen LogP contribution in [0.15, 0.2) is 22.5 Å². The molecule has 1 aromatic heterocycles. The van der Waals surface area contributed by atoms with Gasteiger partial charge >= 0.3 is 5.97 Å². The van der Waals surface area contributed by atoms with Crippen molar-refractivity contribution in [2.45, 2.75) is 4.34 Å². The molecule has 0 amide bonds. The zero-order valence-electron chi connectivity index (χ0n) is 10.1. The Morgan fingerprint density at radius 1 is 1.50 bits per heavy atom. The van der Waals surface area contributed by atoms with Gasteiger partial charge in [-0.1, -0.05) is 46.3 Å². The van der Waals surface area contributed by atoms with Gasteiger partial charge in [0.1, 0.15) is 0 Å². The number of esters is 1. The number of nitrogens with zero attached hydrogens (tertiary/aromatic N) is 2. The summed E-state index contributed by atoms with van der Waals surface area (Å²) in [5.74, 6) is -0.114. The van der Waals surface area contributed by atoms with Crippen LogP contribution in [0.1, 0.15) is 0 Å². The van der Waals surface area contributed by atoms with Gasteiger partial charge in [-0.25, -0.2) is 4.68 Å². The minimum Gasteiger partial charge on any atom is -0.468 e. The van der Waals surface area contributed by atoms with E-state index in [-0.39, 0.29) is 11.7 Å². The van der Waals surface area contributed by atoms with E-state index in [0.29, 0.717) is 18.3 Å². The topological polar surface area (TPSA) is 44.1 Å². The van der Waals surface area contributed by atoms with Crippen LogP contribution in [0, 0.1) is 3.95 Å². The zero-order valence-corrected chi connectivity index (χ0v) is 14.1. The molecule has 0 spiro atoms. The van der Waals surface area contributed by atoms with Gasteiger partial charge < -0.3 is 4.74 Å². The van der Waals surface area contributed by atoms with Crippen LogP contribution < -0.4 is 0 Å². The third-order valence-corrected chi connectivity index (χ3v) is 5.30. The molecule has 0 unspecified atom stereocenters. The number of halogens is 2. The predicted octanol–water partition coefficient (Wildman–Crippen LogP) is 4.24. The lowest BCUT2D eigenvalue weighted by molar-refractivity contribution is -0.137. The lowest BCUT2D eigenvalue weighted by Gasteiger charge is -2.02. The second-order valence-corrected chi connectivity index (χ2v) is 7.17. The number of carbonyl (C=O) groups is 1. The molecule has 0 fully saturated rings. The smallest absolute Gasteiger partial charge is 0.316 e. The van der Waals surface area contributed by atoms with Crippen molar-refractivity contribution in [3.8, 4) is 5.69 Å². The average Bonchev–Trinajstić information content (AvgIpc) is 2.80. The highest BCUT2D eigenvalue weighted by Crippen LogP contribution is 2.27. The molecule has 0 saturated carbocycles. The Morgan fingerprint density at radius 2 is 2.25 bits per heavy atom. The molecule has 0 aliphatic carbocycles. The summed E-state index contributed by atoms with van der Waals surface area (Å²) in [6.45, 7) is 0. The molecular weight excluding hydrogens is 359 g/mol. The van der Waals surface area contributed by atoms with Crippen LogP contribution in [-0.2, 0) is 9.53 Å². The Hall–Kier alpha value is -0.600. The summed E-state index contributed by atoms with van der Waals surface area (Å²) in [6.07, 6.45) is 0. The second-order valence-electron chi connectivity index (χ2n) is 3.51. The molecule has 0 aliphatic heterocycles. The van der Waals surface area contributed by atoms with Gasteiger partial charge in [-0.05, 0) is 30.4 Å². The molecule has 0 bridgehead atoms. The van der Waals surface area contributed by atoms with E-state index in [1.54, 1.807) is 22.9 Å². The molecule has 9 heteroatoms. The van der Waals surface area contributed by atoms with Gasteiger partial charge in [0.2, 0.25) is 0 Å². The molecule has 1 aromatic carbocycles. The Labute approximate surface area is 138 Å². The minimum absolute atomic E-state index is 0.195. The van der Waals surface area contributed by atoms with Crippen LogP contribution in [0.2, 0.25) is 10.0 Å². The lowest BCUT2D eigenvalue weighted by atomic mass is 10.3. The fourth-order valence-electron chi connectivity index (χ4n) is 1.28. The molecule has 0 N–H and O–H groups in total. The molecule has 0 aliphatic rings. The molecule has 0 saturated heterocycles. The van der Waals surface area contributed by atoms with Crippen molar-refractivity contribution in [2.75, 3.05) is 12.9 Å². The number of benzene rings is 1. The van der Waals surface area contributed by atoms with Crippen molar-refractivity contribution in [3.05, 3.63) is 32.2 Å². The van der Waals surface area contributed by atoms with Crippen LogP contribution in [0.5, 0.6) is 0 Å². The third-order valence-electron chi connectivity index (χ3n) is 2.22. The SMILES string of the molecule is COC(=O)CSc1nn(-c2ccc(Cl)c(Cl)c2)c(=S)s1. The Kier molecular flexibility index (Phi) is 5.45. The number of methoxy groups -OCH3 is 1. The van der Waals surface area contributed by atoms with Crippen molar-refractivity contribution in [1.29, 1.82) is 0 Å². The number of carbonyl (C=O) groups excluding carboxylic acids is 1. The van der Waals surface area contributed by atoms with E-state index in [1.165, 1.54) is 30.2 Å². The zero-order chi connectivity index (χ0) is 14.7. The first-order chi connectivity index (χ1) is 9.51. The van der Waals surface area contributed by atoms with E-state index in [1.807, 2.05) is 0 Å². The fraction of sp³-hybridized carbons (Fsp3) is 0.182. The summed E-state index contributed by atoms with van der Waals surface area (Å²) in [7, 11) is 1.35. The monoisotopic (exact) mass is 366 g/mol. The molecule has 106 valence electrons. The summed E-state index contributed by atoms with van der Waals surface area (Å²) in [5.41, 5.74) is 0.727. The first kappa shape index (κ1) is 15.8. The highest BCUT2D eigenvalue weighted by molar-refractivity contribution is 8.01. The van der Waals surface area contributed by atoms with Gasteiger partial charge in [0.05, 0.1) is 28.6 Å². The normalized spacial score (nSPS) is 10.6.